The van der Waals surface area contributed by atoms with Crippen LogP contribution in [0.25, 0.3) is 0 Å². The fourth-order valence-electron chi connectivity index (χ4n) is 1.98. The van der Waals surface area contributed by atoms with E-state index in [1.165, 1.54) is 6.08 Å². The molecule has 0 fully saturated rings. The first kappa shape index (κ1) is 17.3. The Balaban J connectivity index is 2.09. The molecule has 0 saturated heterocycles. The minimum absolute atomic E-state index is 0.212. The molecule has 0 radical (unpaired) electrons. The number of rotatable bonds is 7. The van der Waals surface area contributed by atoms with Crippen molar-refractivity contribution in [2.45, 2.75) is 13.8 Å². The molecule has 0 aliphatic heterocycles. The van der Waals surface area contributed by atoms with Crippen molar-refractivity contribution in [1.29, 1.82) is 0 Å². The van der Waals surface area contributed by atoms with Crippen molar-refractivity contribution >= 4 is 11.6 Å². The summed E-state index contributed by atoms with van der Waals surface area (Å²) in [7, 11) is 0. The number of hydrogen-bond donors (Lipinski definition) is 1. The van der Waals surface area contributed by atoms with Crippen LogP contribution in [-0.2, 0) is 4.79 Å². The SMILES string of the molecule is C/C=C/C=C/C(=O)Nc1ccccc1Oc1ccc(OCC)cc1. The average molecular weight is 323 g/mol. The molecule has 1 amide bonds. The molecule has 124 valence electrons. The summed E-state index contributed by atoms with van der Waals surface area (Å²) in [5, 5.41) is 2.81. The van der Waals surface area contributed by atoms with Crippen LogP contribution in [0.1, 0.15) is 13.8 Å². The topological polar surface area (TPSA) is 47.6 Å². The lowest BCUT2D eigenvalue weighted by molar-refractivity contribution is -0.111. The first-order valence-corrected chi connectivity index (χ1v) is 7.83. The molecule has 0 aliphatic carbocycles. The summed E-state index contributed by atoms with van der Waals surface area (Å²) in [6.07, 6.45) is 6.80. The summed E-state index contributed by atoms with van der Waals surface area (Å²) >= 11 is 0. The smallest absolute Gasteiger partial charge is 0.248 e. The second-order valence-corrected chi connectivity index (χ2v) is 4.88. The molecule has 24 heavy (non-hydrogen) atoms. The van der Waals surface area contributed by atoms with Crippen molar-refractivity contribution < 1.29 is 14.3 Å². The van der Waals surface area contributed by atoms with Crippen LogP contribution in [0.2, 0.25) is 0 Å². The third kappa shape index (κ3) is 5.32. The predicted octanol–water partition coefficient (Wildman–Crippen LogP) is 4.95. The van der Waals surface area contributed by atoms with Gasteiger partial charge in [0, 0.05) is 6.08 Å². The molecule has 1 N–H and O–H groups in total. The van der Waals surface area contributed by atoms with Gasteiger partial charge in [0.15, 0.2) is 5.75 Å². The molecule has 4 heteroatoms. The molecule has 0 atom stereocenters. The van der Waals surface area contributed by atoms with Crippen molar-refractivity contribution in [1.82, 2.24) is 0 Å². The van der Waals surface area contributed by atoms with Crippen LogP contribution in [0, 0.1) is 0 Å². The molecule has 0 aliphatic rings. The maximum Gasteiger partial charge on any atom is 0.248 e. The first-order valence-electron chi connectivity index (χ1n) is 7.83. The van der Waals surface area contributed by atoms with Gasteiger partial charge >= 0.3 is 0 Å². The largest absolute Gasteiger partial charge is 0.494 e. The Kier molecular flexibility index (Phi) is 6.65. The van der Waals surface area contributed by atoms with Gasteiger partial charge in [-0.05, 0) is 50.2 Å². The number of nitrogens with one attached hydrogen (secondary N) is 1. The minimum atomic E-state index is -0.212. The fourth-order valence-corrected chi connectivity index (χ4v) is 1.98. The maximum atomic E-state index is 11.9. The third-order valence-electron chi connectivity index (χ3n) is 3.06. The summed E-state index contributed by atoms with van der Waals surface area (Å²) in [6, 6.07) is 14.7. The second-order valence-electron chi connectivity index (χ2n) is 4.88. The van der Waals surface area contributed by atoms with Gasteiger partial charge in [0.1, 0.15) is 11.5 Å². The molecular formula is C20H21NO3. The summed E-state index contributed by atoms with van der Waals surface area (Å²) in [4.78, 5) is 11.9. The molecule has 0 heterocycles. The van der Waals surface area contributed by atoms with E-state index < -0.39 is 0 Å². The van der Waals surface area contributed by atoms with Crippen molar-refractivity contribution in [3.8, 4) is 17.2 Å². The molecule has 0 saturated carbocycles. The highest BCUT2D eigenvalue weighted by Crippen LogP contribution is 2.30. The second kappa shape index (κ2) is 9.20. The van der Waals surface area contributed by atoms with Crippen LogP contribution in [0.5, 0.6) is 17.2 Å². The highest BCUT2D eigenvalue weighted by atomic mass is 16.5. The van der Waals surface area contributed by atoms with Gasteiger partial charge in [-0.2, -0.15) is 0 Å². The maximum absolute atomic E-state index is 11.9. The number of allylic oxidation sites excluding steroid dienone is 3. The van der Waals surface area contributed by atoms with Crippen molar-refractivity contribution in [3.05, 3.63) is 72.8 Å². The number of ether oxygens (including phenoxy) is 2. The fraction of sp³-hybridized carbons (Fsp3) is 0.150. The zero-order valence-corrected chi connectivity index (χ0v) is 13.9. The van der Waals surface area contributed by atoms with Gasteiger partial charge in [-0.15, -0.1) is 0 Å². The molecule has 0 aromatic heterocycles. The van der Waals surface area contributed by atoms with E-state index >= 15 is 0 Å². The highest BCUT2D eigenvalue weighted by molar-refractivity contribution is 6.00. The highest BCUT2D eigenvalue weighted by Gasteiger charge is 2.06. The van der Waals surface area contributed by atoms with E-state index in [9.17, 15) is 4.79 Å². The van der Waals surface area contributed by atoms with E-state index in [2.05, 4.69) is 5.32 Å². The van der Waals surface area contributed by atoms with Crippen molar-refractivity contribution in [2.24, 2.45) is 0 Å². The Hall–Kier alpha value is -3.01. The molecule has 2 rings (SSSR count). The molecule has 0 bridgehead atoms. The summed E-state index contributed by atoms with van der Waals surface area (Å²) in [5.41, 5.74) is 0.613. The normalized spacial score (nSPS) is 10.9. The van der Waals surface area contributed by atoms with E-state index in [-0.39, 0.29) is 5.91 Å². The van der Waals surface area contributed by atoms with Crippen molar-refractivity contribution in [2.75, 3.05) is 11.9 Å². The van der Waals surface area contributed by atoms with E-state index in [1.54, 1.807) is 18.2 Å². The lowest BCUT2D eigenvalue weighted by atomic mass is 10.2. The number of carbonyl (C=O) groups excluding carboxylic acids is 1. The number of benzene rings is 2. The molecule has 2 aromatic carbocycles. The van der Waals surface area contributed by atoms with Crippen molar-refractivity contribution in [3.63, 3.8) is 0 Å². The zero-order valence-electron chi connectivity index (χ0n) is 13.9. The van der Waals surface area contributed by atoms with Crippen LogP contribution >= 0.6 is 0 Å². The predicted molar refractivity (Wildman–Crippen MR) is 96.7 cm³/mol. The summed E-state index contributed by atoms with van der Waals surface area (Å²) in [5.74, 6) is 1.83. The average Bonchev–Trinajstić information content (AvgIpc) is 2.59. The Bertz CT molecular complexity index is 718. The minimum Gasteiger partial charge on any atom is -0.494 e. The van der Waals surface area contributed by atoms with Crippen LogP contribution in [0.4, 0.5) is 5.69 Å². The van der Waals surface area contributed by atoms with Gasteiger partial charge in [0.05, 0.1) is 12.3 Å². The molecule has 4 nitrogen and oxygen atoms in total. The molecule has 2 aromatic rings. The summed E-state index contributed by atoms with van der Waals surface area (Å²) in [6.45, 7) is 4.45. The lowest BCUT2D eigenvalue weighted by Gasteiger charge is -2.12. The monoisotopic (exact) mass is 323 g/mol. The number of amides is 1. The molecular weight excluding hydrogens is 302 g/mol. The third-order valence-corrected chi connectivity index (χ3v) is 3.06. The molecule has 0 spiro atoms. The summed E-state index contributed by atoms with van der Waals surface area (Å²) < 4.78 is 11.3. The van der Waals surface area contributed by atoms with Gasteiger partial charge < -0.3 is 14.8 Å². The van der Waals surface area contributed by atoms with Crippen LogP contribution < -0.4 is 14.8 Å². The van der Waals surface area contributed by atoms with Gasteiger partial charge in [-0.3, -0.25) is 4.79 Å². The number of para-hydroxylation sites is 2. The van der Waals surface area contributed by atoms with Gasteiger partial charge in [-0.25, -0.2) is 0 Å². The number of carbonyl (C=O) groups is 1. The Morgan fingerprint density at radius 3 is 2.46 bits per heavy atom. The Labute approximate surface area is 142 Å². The number of hydrogen-bond acceptors (Lipinski definition) is 3. The Morgan fingerprint density at radius 2 is 1.75 bits per heavy atom. The Morgan fingerprint density at radius 1 is 1.04 bits per heavy atom. The van der Waals surface area contributed by atoms with Gasteiger partial charge in [-0.1, -0.05) is 30.4 Å². The van der Waals surface area contributed by atoms with E-state index in [0.717, 1.165) is 5.75 Å². The standard InChI is InChI=1S/C20H21NO3/c1-3-5-6-11-20(22)21-18-9-7-8-10-19(18)24-17-14-12-16(13-15-17)23-4-2/h3,5-15H,4H2,1-2H3,(H,21,22)/b5-3+,11-6+. The van der Waals surface area contributed by atoms with Crippen LogP contribution in [0.3, 0.4) is 0 Å². The van der Waals surface area contributed by atoms with Crippen LogP contribution in [0.15, 0.2) is 72.8 Å². The van der Waals surface area contributed by atoms with Crippen LogP contribution in [-0.4, -0.2) is 12.5 Å². The van der Waals surface area contributed by atoms with E-state index in [0.29, 0.717) is 23.8 Å². The lowest BCUT2D eigenvalue weighted by Crippen LogP contribution is -2.08. The zero-order chi connectivity index (χ0) is 17.2. The number of anilines is 1. The van der Waals surface area contributed by atoms with Gasteiger partial charge in [0.2, 0.25) is 5.91 Å². The van der Waals surface area contributed by atoms with E-state index in [4.69, 9.17) is 9.47 Å². The molecule has 0 unspecified atom stereocenters. The van der Waals surface area contributed by atoms with Gasteiger partial charge in [0.25, 0.3) is 0 Å². The van der Waals surface area contributed by atoms with E-state index in [1.807, 2.05) is 62.4 Å². The first-order chi connectivity index (χ1) is 11.7. The quantitative estimate of drug-likeness (QED) is 0.579.